The van der Waals surface area contributed by atoms with Crippen LogP contribution < -0.4 is 0 Å². The number of ether oxygens (including phenoxy) is 1. The average Bonchev–Trinajstić information content (AvgIpc) is 2.86. The van der Waals surface area contributed by atoms with Gasteiger partial charge in [0.1, 0.15) is 12.6 Å². The topological polar surface area (TPSA) is 51.5 Å². The third-order valence-electron chi connectivity index (χ3n) is 3.86. The van der Waals surface area contributed by atoms with Crippen molar-refractivity contribution in [1.29, 1.82) is 0 Å². The van der Waals surface area contributed by atoms with E-state index in [4.69, 9.17) is 4.74 Å². The van der Waals surface area contributed by atoms with Crippen molar-refractivity contribution >= 4 is 22.8 Å². The van der Waals surface area contributed by atoms with Gasteiger partial charge in [0.05, 0.1) is 6.54 Å². The lowest BCUT2D eigenvalue weighted by atomic mass is 10.1. The summed E-state index contributed by atoms with van der Waals surface area (Å²) in [5, 5.41) is 1.10. The molecule has 1 fully saturated rings. The summed E-state index contributed by atoms with van der Waals surface area (Å²) in [6.07, 6.45) is 2.76. The van der Waals surface area contributed by atoms with E-state index in [-0.39, 0.29) is 24.5 Å². The summed E-state index contributed by atoms with van der Waals surface area (Å²) >= 11 is 0. The third kappa shape index (κ3) is 2.91. The zero-order valence-corrected chi connectivity index (χ0v) is 12.0. The van der Waals surface area contributed by atoms with Crippen molar-refractivity contribution in [3.8, 4) is 0 Å². The summed E-state index contributed by atoms with van der Waals surface area (Å²) in [5.41, 5.74) is 1.02. The Kier molecular flexibility index (Phi) is 3.64. The molecule has 1 atom stereocenters. The van der Waals surface area contributed by atoms with E-state index in [0.717, 1.165) is 10.9 Å². The maximum absolute atomic E-state index is 12.1. The van der Waals surface area contributed by atoms with Crippen LogP contribution in [0.3, 0.4) is 0 Å². The minimum atomic E-state index is -0.260. The highest BCUT2D eigenvalue weighted by Gasteiger charge is 2.25. The molecule has 5 nitrogen and oxygen atoms in total. The number of likely N-dealkylation sites (N-methyl/N-ethyl adjacent to an activating group) is 1. The fourth-order valence-electron chi connectivity index (χ4n) is 2.71. The number of aromatic nitrogens is 1. The van der Waals surface area contributed by atoms with Gasteiger partial charge in [-0.2, -0.15) is 0 Å². The number of fused-ring (bicyclic) bond motifs is 1. The summed E-state index contributed by atoms with van der Waals surface area (Å²) in [4.78, 5) is 25.1. The average molecular weight is 286 g/mol. The van der Waals surface area contributed by atoms with Gasteiger partial charge in [-0.3, -0.25) is 9.59 Å². The molecule has 1 aliphatic heterocycles. The quantitative estimate of drug-likeness (QED) is 0.809. The molecular formula is C16H18N2O3. The molecule has 1 aromatic carbocycles. The first-order chi connectivity index (χ1) is 10.1. The van der Waals surface area contributed by atoms with E-state index in [1.165, 1.54) is 0 Å². The smallest absolute Gasteiger partial charge is 0.326 e. The van der Waals surface area contributed by atoms with E-state index < -0.39 is 0 Å². The number of hydrogen-bond acceptors (Lipinski definition) is 3. The number of rotatable bonds is 3. The second kappa shape index (κ2) is 5.60. The lowest BCUT2D eigenvalue weighted by Crippen LogP contribution is -2.42. The Labute approximate surface area is 123 Å². The molecule has 0 radical (unpaired) electrons. The van der Waals surface area contributed by atoms with E-state index >= 15 is 0 Å². The van der Waals surface area contributed by atoms with E-state index in [0.29, 0.717) is 19.4 Å². The Morgan fingerprint density at radius 3 is 2.95 bits per heavy atom. The monoisotopic (exact) mass is 286 g/mol. The van der Waals surface area contributed by atoms with Crippen LogP contribution >= 0.6 is 0 Å². The van der Waals surface area contributed by atoms with Crippen molar-refractivity contribution in [2.45, 2.75) is 25.5 Å². The molecule has 0 spiro atoms. The van der Waals surface area contributed by atoms with Gasteiger partial charge in [0.25, 0.3) is 0 Å². The SMILES string of the molecule is CN1CC(OC(=O)Cn2ccc3ccccc32)CCC1=O. The van der Waals surface area contributed by atoms with Crippen LogP contribution in [0.2, 0.25) is 0 Å². The van der Waals surface area contributed by atoms with E-state index in [1.54, 1.807) is 11.9 Å². The van der Waals surface area contributed by atoms with Gasteiger partial charge in [0.15, 0.2) is 0 Å². The number of piperidine rings is 1. The lowest BCUT2D eigenvalue weighted by Gasteiger charge is -2.29. The molecule has 1 aromatic heterocycles. The van der Waals surface area contributed by atoms with Gasteiger partial charge >= 0.3 is 5.97 Å². The molecule has 1 unspecified atom stereocenters. The number of hydrogen-bond donors (Lipinski definition) is 0. The summed E-state index contributed by atoms with van der Waals surface area (Å²) in [6.45, 7) is 0.679. The predicted octanol–water partition coefficient (Wildman–Crippen LogP) is 1.81. The summed E-state index contributed by atoms with van der Waals surface area (Å²) in [6, 6.07) is 9.90. The zero-order chi connectivity index (χ0) is 14.8. The van der Waals surface area contributed by atoms with Crippen LogP contribution in [0.25, 0.3) is 10.9 Å². The van der Waals surface area contributed by atoms with Gasteiger partial charge in [-0.15, -0.1) is 0 Å². The van der Waals surface area contributed by atoms with Crippen LogP contribution in [-0.4, -0.2) is 41.0 Å². The van der Waals surface area contributed by atoms with Gasteiger partial charge in [0.2, 0.25) is 5.91 Å². The molecule has 3 rings (SSSR count). The molecule has 0 saturated carbocycles. The number of nitrogens with zero attached hydrogens (tertiary/aromatic N) is 2. The first kappa shape index (κ1) is 13.7. The molecule has 0 N–H and O–H groups in total. The number of para-hydroxylation sites is 1. The molecular weight excluding hydrogens is 268 g/mol. The van der Waals surface area contributed by atoms with Gasteiger partial charge in [0, 0.05) is 25.2 Å². The van der Waals surface area contributed by atoms with Crippen molar-refractivity contribution in [1.82, 2.24) is 9.47 Å². The van der Waals surface area contributed by atoms with Gasteiger partial charge < -0.3 is 14.2 Å². The van der Waals surface area contributed by atoms with Crippen LogP contribution in [0.15, 0.2) is 36.5 Å². The molecule has 5 heteroatoms. The molecule has 21 heavy (non-hydrogen) atoms. The van der Waals surface area contributed by atoms with Crippen molar-refractivity contribution in [2.24, 2.45) is 0 Å². The Balaban J connectivity index is 1.63. The predicted molar refractivity (Wildman–Crippen MR) is 78.7 cm³/mol. The van der Waals surface area contributed by atoms with Crippen molar-refractivity contribution in [3.63, 3.8) is 0 Å². The first-order valence-electron chi connectivity index (χ1n) is 7.11. The molecule has 0 aliphatic carbocycles. The molecule has 1 aliphatic rings. The highest BCUT2D eigenvalue weighted by Crippen LogP contribution is 2.16. The van der Waals surface area contributed by atoms with Crippen LogP contribution in [-0.2, 0) is 20.9 Å². The Bertz CT molecular complexity index is 677. The largest absolute Gasteiger partial charge is 0.459 e. The van der Waals surface area contributed by atoms with E-state index in [2.05, 4.69) is 0 Å². The van der Waals surface area contributed by atoms with Gasteiger partial charge in [-0.1, -0.05) is 18.2 Å². The number of carbonyl (C=O) groups excluding carboxylic acids is 2. The van der Waals surface area contributed by atoms with Crippen molar-refractivity contribution < 1.29 is 14.3 Å². The van der Waals surface area contributed by atoms with E-state index in [9.17, 15) is 9.59 Å². The highest BCUT2D eigenvalue weighted by molar-refractivity contribution is 5.82. The van der Waals surface area contributed by atoms with Crippen LogP contribution in [0.1, 0.15) is 12.8 Å². The number of benzene rings is 1. The molecule has 0 bridgehead atoms. The summed E-state index contributed by atoms with van der Waals surface area (Å²) in [5.74, 6) is -0.150. The molecule has 1 saturated heterocycles. The normalized spacial score (nSPS) is 19.0. The first-order valence-corrected chi connectivity index (χ1v) is 7.11. The maximum Gasteiger partial charge on any atom is 0.326 e. The van der Waals surface area contributed by atoms with Gasteiger partial charge in [-0.25, -0.2) is 0 Å². The Morgan fingerprint density at radius 2 is 2.14 bits per heavy atom. The molecule has 110 valence electrons. The standard InChI is InChI=1S/C16H18N2O3/c1-17-10-13(6-7-15(17)19)21-16(20)11-18-9-8-12-4-2-3-5-14(12)18/h2-5,8-9,13H,6-7,10-11H2,1H3. The number of likely N-dealkylation sites (tertiary alicyclic amines) is 1. The summed E-state index contributed by atoms with van der Waals surface area (Å²) in [7, 11) is 1.74. The maximum atomic E-state index is 12.1. The van der Waals surface area contributed by atoms with Crippen LogP contribution in [0.4, 0.5) is 0 Å². The number of carbonyl (C=O) groups is 2. The number of amides is 1. The summed E-state index contributed by atoms with van der Waals surface area (Å²) < 4.78 is 7.36. The molecule has 1 amide bonds. The van der Waals surface area contributed by atoms with Crippen molar-refractivity contribution in [3.05, 3.63) is 36.5 Å². The zero-order valence-electron chi connectivity index (χ0n) is 12.0. The number of esters is 1. The third-order valence-corrected chi connectivity index (χ3v) is 3.86. The molecule has 2 heterocycles. The second-order valence-electron chi connectivity index (χ2n) is 5.43. The fourth-order valence-corrected chi connectivity index (χ4v) is 2.71. The minimum Gasteiger partial charge on any atom is -0.459 e. The molecule has 2 aromatic rings. The Hall–Kier alpha value is -2.30. The van der Waals surface area contributed by atoms with Crippen LogP contribution in [0.5, 0.6) is 0 Å². The fraction of sp³-hybridized carbons (Fsp3) is 0.375. The Morgan fingerprint density at radius 1 is 1.33 bits per heavy atom. The van der Waals surface area contributed by atoms with E-state index in [1.807, 2.05) is 41.1 Å². The van der Waals surface area contributed by atoms with Gasteiger partial charge in [-0.05, 0) is 23.9 Å². The second-order valence-corrected chi connectivity index (χ2v) is 5.43. The van der Waals surface area contributed by atoms with Crippen LogP contribution in [0, 0.1) is 0 Å². The van der Waals surface area contributed by atoms with Crippen molar-refractivity contribution in [2.75, 3.05) is 13.6 Å². The highest BCUT2D eigenvalue weighted by atomic mass is 16.5. The minimum absolute atomic E-state index is 0.110. The lowest BCUT2D eigenvalue weighted by molar-refractivity contribution is -0.156.